The molecule has 1 aromatic carbocycles. The Morgan fingerprint density at radius 2 is 1.95 bits per heavy atom. The molecule has 1 heterocycles. The normalized spacial score (nSPS) is 16.7. The van der Waals surface area contributed by atoms with Crippen LogP contribution in [-0.4, -0.2) is 38.4 Å². The Labute approximate surface area is 115 Å². The summed E-state index contributed by atoms with van der Waals surface area (Å²) in [4.78, 5) is 2.21. The van der Waals surface area contributed by atoms with Crippen molar-refractivity contribution in [1.82, 2.24) is 10.2 Å². The average molecular weight is 264 g/mol. The van der Waals surface area contributed by atoms with Gasteiger partial charge in [-0.1, -0.05) is 6.07 Å². The topological polar surface area (TPSA) is 33.7 Å². The fourth-order valence-corrected chi connectivity index (χ4v) is 2.24. The van der Waals surface area contributed by atoms with Crippen molar-refractivity contribution in [3.8, 4) is 11.5 Å². The summed E-state index contributed by atoms with van der Waals surface area (Å²) in [6.07, 6.45) is 1.14. The highest BCUT2D eigenvalue weighted by atomic mass is 16.7. The van der Waals surface area contributed by atoms with Gasteiger partial charge in [-0.2, -0.15) is 0 Å². The van der Waals surface area contributed by atoms with Gasteiger partial charge < -0.3 is 19.7 Å². The molecule has 0 aliphatic carbocycles. The molecule has 0 saturated heterocycles. The first-order valence-electron chi connectivity index (χ1n) is 6.86. The first-order chi connectivity index (χ1) is 9.06. The van der Waals surface area contributed by atoms with Crippen LogP contribution in [0.15, 0.2) is 18.2 Å². The predicted molar refractivity (Wildman–Crippen MR) is 76.7 cm³/mol. The maximum atomic E-state index is 5.42. The first kappa shape index (κ1) is 14.2. The molecule has 2 atom stereocenters. The molecule has 0 amide bonds. The molecule has 1 aromatic rings. The Kier molecular flexibility index (Phi) is 4.66. The Hall–Kier alpha value is -1.26. The van der Waals surface area contributed by atoms with Gasteiger partial charge in [0.05, 0.1) is 0 Å². The van der Waals surface area contributed by atoms with Crippen molar-refractivity contribution >= 4 is 0 Å². The first-order valence-corrected chi connectivity index (χ1v) is 6.86. The van der Waals surface area contributed by atoms with E-state index in [0.29, 0.717) is 18.9 Å². The maximum absolute atomic E-state index is 5.42. The van der Waals surface area contributed by atoms with Crippen LogP contribution in [0, 0.1) is 0 Å². The molecule has 2 rings (SSSR count). The van der Waals surface area contributed by atoms with Crippen molar-refractivity contribution in [1.29, 1.82) is 0 Å². The van der Waals surface area contributed by atoms with Crippen molar-refractivity contribution in [3.05, 3.63) is 23.8 Å². The van der Waals surface area contributed by atoms with Crippen molar-refractivity contribution < 1.29 is 9.47 Å². The van der Waals surface area contributed by atoms with Gasteiger partial charge in [-0.05, 0) is 58.6 Å². The highest BCUT2D eigenvalue weighted by Gasteiger charge is 2.16. The Balaban J connectivity index is 1.90. The van der Waals surface area contributed by atoms with Crippen LogP contribution in [0.1, 0.15) is 31.9 Å². The second-order valence-electron chi connectivity index (χ2n) is 5.49. The molecule has 1 aliphatic heterocycles. The number of nitrogens with zero attached hydrogens (tertiary/aromatic N) is 1. The van der Waals surface area contributed by atoms with E-state index in [1.54, 1.807) is 0 Å². The Bertz CT molecular complexity index is 421. The molecular formula is C15H24N2O2. The summed E-state index contributed by atoms with van der Waals surface area (Å²) < 4.78 is 10.7. The van der Waals surface area contributed by atoms with E-state index in [0.717, 1.165) is 24.5 Å². The Morgan fingerprint density at radius 3 is 2.68 bits per heavy atom. The molecule has 106 valence electrons. The van der Waals surface area contributed by atoms with Crippen LogP contribution in [0.4, 0.5) is 0 Å². The summed E-state index contributed by atoms with van der Waals surface area (Å²) in [5.41, 5.74) is 1.24. The van der Waals surface area contributed by atoms with Crippen molar-refractivity contribution in [2.75, 3.05) is 27.4 Å². The molecule has 0 aromatic heterocycles. The predicted octanol–water partition coefficient (Wildman–Crippen LogP) is 2.41. The quantitative estimate of drug-likeness (QED) is 0.855. The summed E-state index contributed by atoms with van der Waals surface area (Å²) in [5.74, 6) is 1.70. The van der Waals surface area contributed by atoms with E-state index in [-0.39, 0.29) is 0 Å². The fourth-order valence-electron chi connectivity index (χ4n) is 2.24. The van der Waals surface area contributed by atoms with E-state index in [2.05, 4.69) is 50.3 Å². The van der Waals surface area contributed by atoms with E-state index in [1.165, 1.54) is 5.56 Å². The molecule has 4 nitrogen and oxygen atoms in total. The van der Waals surface area contributed by atoms with Crippen LogP contribution in [0.25, 0.3) is 0 Å². The van der Waals surface area contributed by atoms with Crippen LogP contribution in [0.2, 0.25) is 0 Å². The van der Waals surface area contributed by atoms with Gasteiger partial charge in [0, 0.05) is 12.1 Å². The number of hydrogen-bond acceptors (Lipinski definition) is 4. The van der Waals surface area contributed by atoms with Crippen LogP contribution in [-0.2, 0) is 0 Å². The molecule has 1 aliphatic rings. The van der Waals surface area contributed by atoms with Gasteiger partial charge in [0.1, 0.15) is 0 Å². The zero-order chi connectivity index (χ0) is 13.8. The van der Waals surface area contributed by atoms with Gasteiger partial charge in [0.2, 0.25) is 6.79 Å². The third-order valence-corrected chi connectivity index (χ3v) is 3.44. The number of ether oxygens (including phenoxy) is 2. The SMILES string of the molecule is CC(CCN(C)C)NC(C)c1ccc2c(c1)OCO2. The van der Waals surface area contributed by atoms with Crippen LogP contribution < -0.4 is 14.8 Å². The fraction of sp³-hybridized carbons (Fsp3) is 0.600. The molecular weight excluding hydrogens is 240 g/mol. The molecule has 0 fully saturated rings. The minimum absolute atomic E-state index is 0.312. The zero-order valence-electron chi connectivity index (χ0n) is 12.3. The molecule has 4 heteroatoms. The van der Waals surface area contributed by atoms with Crippen molar-refractivity contribution in [3.63, 3.8) is 0 Å². The standard InChI is InChI=1S/C15H24N2O2/c1-11(7-8-17(3)4)16-12(2)13-5-6-14-15(9-13)19-10-18-14/h5-6,9,11-12,16H,7-8,10H2,1-4H3. The number of hydrogen-bond donors (Lipinski definition) is 1. The van der Waals surface area contributed by atoms with Crippen molar-refractivity contribution in [2.24, 2.45) is 0 Å². The molecule has 0 bridgehead atoms. The molecule has 2 unspecified atom stereocenters. The van der Waals surface area contributed by atoms with Gasteiger partial charge in [-0.25, -0.2) is 0 Å². The van der Waals surface area contributed by atoms with Crippen LogP contribution in [0.3, 0.4) is 0 Å². The van der Waals surface area contributed by atoms with E-state index < -0.39 is 0 Å². The second kappa shape index (κ2) is 6.26. The monoisotopic (exact) mass is 264 g/mol. The van der Waals surface area contributed by atoms with E-state index >= 15 is 0 Å². The highest BCUT2D eigenvalue weighted by molar-refractivity contribution is 5.45. The van der Waals surface area contributed by atoms with Gasteiger partial charge in [-0.3, -0.25) is 0 Å². The number of fused-ring (bicyclic) bond motifs is 1. The summed E-state index contributed by atoms with van der Waals surface area (Å²) >= 11 is 0. The van der Waals surface area contributed by atoms with Gasteiger partial charge in [-0.15, -0.1) is 0 Å². The molecule has 1 N–H and O–H groups in total. The maximum Gasteiger partial charge on any atom is 0.231 e. The average Bonchev–Trinajstić information content (AvgIpc) is 2.83. The largest absolute Gasteiger partial charge is 0.454 e. The summed E-state index contributed by atoms with van der Waals surface area (Å²) in [5, 5.41) is 3.62. The lowest BCUT2D eigenvalue weighted by molar-refractivity contribution is 0.174. The van der Waals surface area contributed by atoms with Gasteiger partial charge >= 0.3 is 0 Å². The summed E-state index contributed by atoms with van der Waals surface area (Å²) in [6.45, 7) is 5.85. The van der Waals surface area contributed by atoms with Crippen LogP contribution in [0.5, 0.6) is 11.5 Å². The smallest absolute Gasteiger partial charge is 0.231 e. The lowest BCUT2D eigenvalue weighted by Gasteiger charge is -2.22. The van der Waals surface area contributed by atoms with E-state index in [1.807, 2.05) is 6.07 Å². The molecule has 0 saturated carbocycles. The second-order valence-corrected chi connectivity index (χ2v) is 5.49. The minimum Gasteiger partial charge on any atom is -0.454 e. The third-order valence-electron chi connectivity index (χ3n) is 3.44. The molecule has 19 heavy (non-hydrogen) atoms. The highest BCUT2D eigenvalue weighted by Crippen LogP contribution is 2.34. The number of nitrogens with one attached hydrogen (secondary N) is 1. The minimum atomic E-state index is 0.312. The lowest BCUT2D eigenvalue weighted by Crippen LogP contribution is -2.31. The van der Waals surface area contributed by atoms with Crippen molar-refractivity contribution in [2.45, 2.75) is 32.4 Å². The van der Waals surface area contributed by atoms with Gasteiger partial charge in [0.25, 0.3) is 0 Å². The summed E-state index contributed by atoms with van der Waals surface area (Å²) in [7, 11) is 4.21. The molecule has 0 radical (unpaired) electrons. The molecule has 0 spiro atoms. The lowest BCUT2D eigenvalue weighted by atomic mass is 10.1. The third kappa shape index (κ3) is 3.85. The van der Waals surface area contributed by atoms with Crippen LogP contribution >= 0.6 is 0 Å². The number of benzene rings is 1. The van der Waals surface area contributed by atoms with E-state index in [9.17, 15) is 0 Å². The van der Waals surface area contributed by atoms with Gasteiger partial charge in [0.15, 0.2) is 11.5 Å². The van der Waals surface area contributed by atoms with E-state index in [4.69, 9.17) is 9.47 Å². The number of rotatable bonds is 6. The summed E-state index contributed by atoms with van der Waals surface area (Å²) in [6, 6.07) is 6.96. The Morgan fingerprint density at radius 1 is 1.21 bits per heavy atom. The zero-order valence-corrected chi connectivity index (χ0v) is 12.3.